The van der Waals surface area contributed by atoms with Gasteiger partial charge in [0.25, 0.3) is 0 Å². The van der Waals surface area contributed by atoms with Gasteiger partial charge in [0.05, 0.1) is 17.4 Å². The second-order valence-electron chi connectivity index (χ2n) is 6.37. The van der Waals surface area contributed by atoms with Crippen LogP contribution in [-0.4, -0.2) is 23.3 Å². The fourth-order valence-corrected chi connectivity index (χ4v) is 2.11. The number of hydrogen-bond acceptors (Lipinski definition) is 3. The summed E-state index contributed by atoms with van der Waals surface area (Å²) in [4.78, 5) is 4.18. The zero-order valence-corrected chi connectivity index (χ0v) is 12.5. The molecule has 1 aliphatic heterocycles. The topological polar surface area (TPSA) is 31.4 Å². The fourth-order valence-electron chi connectivity index (χ4n) is 2.11. The highest BCUT2D eigenvalue weighted by Gasteiger charge is 2.52. The van der Waals surface area contributed by atoms with Crippen LogP contribution >= 0.6 is 0 Å². The lowest BCUT2D eigenvalue weighted by atomic mass is 9.75. The number of pyridine rings is 1. The quantitative estimate of drug-likeness (QED) is 0.770. The molecule has 0 aliphatic carbocycles. The molecule has 2 heterocycles. The van der Waals surface area contributed by atoms with Crippen LogP contribution in [0.1, 0.15) is 53.2 Å². The molecule has 0 atom stereocenters. The molecule has 1 saturated heterocycles. The third-order valence-electron chi connectivity index (χ3n) is 3.97. The van der Waals surface area contributed by atoms with Gasteiger partial charge in [-0.3, -0.25) is 4.98 Å². The van der Waals surface area contributed by atoms with Crippen molar-refractivity contribution in [2.75, 3.05) is 0 Å². The minimum atomic E-state index is -0.564. The molecule has 0 N–H and O–H groups in total. The predicted molar refractivity (Wildman–Crippen MR) is 74.0 cm³/mol. The summed E-state index contributed by atoms with van der Waals surface area (Å²) in [6.07, 6.45) is 1.24. The van der Waals surface area contributed by atoms with E-state index in [0.717, 1.165) is 5.69 Å². The lowest BCUT2D eigenvalue weighted by molar-refractivity contribution is 0.00578. The van der Waals surface area contributed by atoms with Crippen molar-refractivity contribution >= 4 is 12.6 Å². The number of aromatic nitrogens is 1. The van der Waals surface area contributed by atoms with Crippen molar-refractivity contribution in [3.8, 4) is 0 Å². The second-order valence-corrected chi connectivity index (χ2v) is 6.37. The van der Waals surface area contributed by atoms with Crippen molar-refractivity contribution in [3.63, 3.8) is 0 Å². The average Bonchev–Trinajstić information content (AvgIpc) is 2.47. The maximum absolute atomic E-state index is 13.5. The Morgan fingerprint density at radius 1 is 1.16 bits per heavy atom. The van der Waals surface area contributed by atoms with Crippen molar-refractivity contribution in [1.29, 1.82) is 0 Å². The van der Waals surface area contributed by atoms with E-state index in [-0.39, 0.29) is 11.7 Å². The van der Waals surface area contributed by atoms with Crippen molar-refractivity contribution in [2.24, 2.45) is 0 Å². The molecule has 1 aliphatic rings. The van der Waals surface area contributed by atoms with Gasteiger partial charge in [0.2, 0.25) is 0 Å². The summed E-state index contributed by atoms with van der Waals surface area (Å²) >= 11 is 0. The van der Waals surface area contributed by atoms with Crippen LogP contribution in [0.3, 0.4) is 0 Å². The smallest absolute Gasteiger partial charge is 0.399 e. The summed E-state index contributed by atoms with van der Waals surface area (Å²) in [6, 6.07) is 1.46. The first-order valence-electron chi connectivity index (χ1n) is 6.65. The Kier molecular flexibility index (Phi) is 3.48. The van der Waals surface area contributed by atoms with Gasteiger partial charge in [-0.05, 0) is 39.7 Å². The molecule has 3 nitrogen and oxygen atoms in total. The van der Waals surface area contributed by atoms with E-state index in [1.54, 1.807) is 0 Å². The number of rotatable bonds is 2. The number of hydrogen-bond donors (Lipinski definition) is 0. The Morgan fingerprint density at radius 3 is 2.16 bits per heavy atom. The minimum absolute atomic E-state index is 0.189. The molecular formula is C14H21BFNO2. The monoisotopic (exact) mass is 265 g/mol. The van der Waals surface area contributed by atoms with Gasteiger partial charge in [0.1, 0.15) is 5.82 Å². The lowest BCUT2D eigenvalue weighted by Crippen LogP contribution is -2.41. The van der Waals surface area contributed by atoms with Crippen LogP contribution in [0.4, 0.5) is 4.39 Å². The van der Waals surface area contributed by atoms with Crippen LogP contribution in [-0.2, 0) is 9.31 Å². The van der Waals surface area contributed by atoms with Gasteiger partial charge in [-0.2, -0.15) is 0 Å². The first kappa shape index (κ1) is 14.5. The summed E-state index contributed by atoms with van der Waals surface area (Å²) in [5.74, 6) is -0.177. The molecule has 1 aromatic rings. The highest BCUT2D eigenvalue weighted by atomic mass is 19.1. The Bertz CT molecular complexity index is 472. The van der Waals surface area contributed by atoms with Gasteiger partial charge in [-0.15, -0.1) is 0 Å². The first-order chi connectivity index (χ1) is 8.64. The Balaban J connectivity index is 2.41. The van der Waals surface area contributed by atoms with Crippen molar-refractivity contribution < 1.29 is 13.7 Å². The van der Waals surface area contributed by atoms with Gasteiger partial charge in [0.15, 0.2) is 0 Å². The van der Waals surface area contributed by atoms with E-state index < -0.39 is 18.3 Å². The molecule has 0 radical (unpaired) electrons. The van der Waals surface area contributed by atoms with Crippen molar-refractivity contribution in [3.05, 3.63) is 23.8 Å². The summed E-state index contributed by atoms with van der Waals surface area (Å²) in [5.41, 5.74) is 0.643. The number of halogens is 1. The summed E-state index contributed by atoms with van der Waals surface area (Å²) in [6.45, 7) is 12.0. The van der Waals surface area contributed by atoms with Gasteiger partial charge in [-0.25, -0.2) is 4.39 Å². The van der Waals surface area contributed by atoms with Crippen LogP contribution in [0.15, 0.2) is 12.3 Å². The van der Waals surface area contributed by atoms with E-state index in [1.165, 1.54) is 12.3 Å². The summed E-state index contributed by atoms with van der Waals surface area (Å²) in [7, 11) is -0.564. The predicted octanol–water partition coefficient (Wildman–Crippen LogP) is 2.64. The Labute approximate surface area is 114 Å². The Hall–Kier alpha value is -0.935. The van der Waals surface area contributed by atoms with Gasteiger partial charge < -0.3 is 9.31 Å². The fraction of sp³-hybridized carbons (Fsp3) is 0.643. The van der Waals surface area contributed by atoms with Gasteiger partial charge in [0, 0.05) is 11.2 Å². The molecule has 0 saturated carbocycles. The zero-order valence-electron chi connectivity index (χ0n) is 12.5. The molecule has 1 aromatic heterocycles. The molecule has 1 fully saturated rings. The van der Waals surface area contributed by atoms with E-state index in [9.17, 15) is 4.39 Å². The van der Waals surface area contributed by atoms with Crippen molar-refractivity contribution in [2.45, 2.75) is 58.7 Å². The molecular weight excluding hydrogens is 244 g/mol. The van der Waals surface area contributed by atoms with Gasteiger partial charge >= 0.3 is 7.12 Å². The SMILES string of the molecule is CC(C)c1ncc(F)cc1B1OC(C)(C)C(C)(C)O1. The highest BCUT2D eigenvalue weighted by molar-refractivity contribution is 6.62. The van der Waals surface area contributed by atoms with E-state index in [4.69, 9.17) is 9.31 Å². The van der Waals surface area contributed by atoms with E-state index in [1.807, 2.05) is 41.5 Å². The highest BCUT2D eigenvalue weighted by Crippen LogP contribution is 2.36. The summed E-state index contributed by atoms with van der Waals surface area (Å²) < 4.78 is 25.4. The molecule has 0 bridgehead atoms. The third kappa shape index (κ3) is 2.54. The van der Waals surface area contributed by atoms with E-state index in [2.05, 4.69) is 4.98 Å². The van der Waals surface area contributed by atoms with Crippen LogP contribution < -0.4 is 5.46 Å². The van der Waals surface area contributed by atoms with E-state index in [0.29, 0.717) is 5.46 Å². The van der Waals surface area contributed by atoms with Crippen LogP contribution in [0, 0.1) is 5.82 Å². The van der Waals surface area contributed by atoms with Gasteiger partial charge in [-0.1, -0.05) is 13.8 Å². The van der Waals surface area contributed by atoms with E-state index >= 15 is 0 Å². The third-order valence-corrected chi connectivity index (χ3v) is 3.97. The minimum Gasteiger partial charge on any atom is -0.399 e. The Morgan fingerprint density at radius 2 is 1.68 bits per heavy atom. The van der Waals surface area contributed by atoms with Crippen LogP contribution in [0.2, 0.25) is 0 Å². The van der Waals surface area contributed by atoms with Crippen molar-refractivity contribution in [1.82, 2.24) is 4.98 Å². The molecule has 104 valence electrons. The first-order valence-corrected chi connectivity index (χ1v) is 6.65. The number of nitrogens with zero attached hydrogens (tertiary/aromatic N) is 1. The molecule has 0 amide bonds. The summed E-state index contributed by atoms with van der Waals surface area (Å²) in [5, 5.41) is 0. The van der Waals surface area contributed by atoms with Crippen LogP contribution in [0.25, 0.3) is 0 Å². The maximum atomic E-state index is 13.5. The van der Waals surface area contributed by atoms with Crippen LogP contribution in [0.5, 0.6) is 0 Å². The maximum Gasteiger partial charge on any atom is 0.496 e. The molecule has 0 spiro atoms. The molecule has 0 aromatic carbocycles. The normalized spacial score (nSPS) is 21.2. The average molecular weight is 265 g/mol. The lowest BCUT2D eigenvalue weighted by Gasteiger charge is -2.32. The second kappa shape index (κ2) is 4.56. The molecule has 19 heavy (non-hydrogen) atoms. The molecule has 0 unspecified atom stereocenters. The zero-order chi connectivity index (χ0) is 14.4. The molecule has 2 rings (SSSR count). The largest absolute Gasteiger partial charge is 0.496 e. The standard InChI is InChI=1S/C14H21BFNO2/c1-9(2)12-11(7-10(16)8-17-12)15-18-13(3,4)14(5,6)19-15/h7-9H,1-6H3. The molecule has 5 heteroatoms.